The van der Waals surface area contributed by atoms with Crippen LogP contribution in [0.15, 0.2) is 76.2 Å². The van der Waals surface area contributed by atoms with E-state index in [0.29, 0.717) is 11.3 Å². The summed E-state index contributed by atoms with van der Waals surface area (Å²) in [6, 6.07) is 15.7. The number of rotatable bonds is 9. The SMILES string of the molecule is CCc1ccc(C(=O)COC(=O)c2ccc(S(=O)(=O)NCc3ccco3)cc2)cc1. The van der Waals surface area contributed by atoms with E-state index in [4.69, 9.17) is 9.15 Å². The summed E-state index contributed by atoms with van der Waals surface area (Å²) >= 11 is 0. The molecular formula is C22H21NO6S. The van der Waals surface area contributed by atoms with Gasteiger partial charge in [-0.3, -0.25) is 4.79 Å². The van der Waals surface area contributed by atoms with Gasteiger partial charge in [-0.1, -0.05) is 31.2 Å². The molecule has 1 N–H and O–H groups in total. The number of sulfonamides is 1. The Hall–Kier alpha value is -3.23. The molecule has 0 spiro atoms. The van der Waals surface area contributed by atoms with Gasteiger partial charge in [0.1, 0.15) is 5.76 Å². The van der Waals surface area contributed by atoms with Crippen molar-refractivity contribution >= 4 is 21.8 Å². The lowest BCUT2D eigenvalue weighted by molar-refractivity contribution is 0.0474. The highest BCUT2D eigenvalue weighted by molar-refractivity contribution is 7.89. The molecule has 0 radical (unpaired) electrons. The minimum absolute atomic E-state index is 0.00213. The molecule has 0 amide bonds. The van der Waals surface area contributed by atoms with Gasteiger partial charge in [-0.25, -0.2) is 17.9 Å². The molecule has 0 saturated heterocycles. The van der Waals surface area contributed by atoms with Crippen LogP contribution in [0.25, 0.3) is 0 Å². The molecule has 0 atom stereocenters. The molecule has 0 aliphatic carbocycles. The third-order valence-electron chi connectivity index (χ3n) is 4.44. The molecule has 0 aliphatic rings. The average molecular weight is 427 g/mol. The maximum absolute atomic E-state index is 12.3. The van der Waals surface area contributed by atoms with Gasteiger partial charge < -0.3 is 9.15 Å². The molecule has 0 saturated carbocycles. The lowest BCUT2D eigenvalue weighted by Crippen LogP contribution is -2.23. The normalized spacial score (nSPS) is 11.2. The quantitative estimate of drug-likeness (QED) is 0.415. The van der Waals surface area contributed by atoms with Crippen molar-refractivity contribution in [3.8, 4) is 0 Å². The Morgan fingerprint density at radius 3 is 2.23 bits per heavy atom. The Kier molecular flexibility index (Phi) is 6.81. The van der Waals surface area contributed by atoms with Gasteiger partial charge in [0.05, 0.1) is 23.3 Å². The number of aryl methyl sites for hydroxylation is 1. The van der Waals surface area contributed by atoms with Crippen LogP contribution in [-0.2, 0) is 27.7 Å². The lowest BCUT2D eigenvalue weighted by atomic mass is 10.1. The number of carbonyl (C=O) groups is 2. The monoisotopic (exact) mass is 427 g/mol. The van der Waals surface area contributed by atoms with Crippen LogP contribution in [0.1, 0.15) is 39.0 Å². The van der Waals surface area contributed by atoms with E-state index >= 15 is 0 Å². The maximum atomic E-state index is 12.3. The van der Waals surface area contributed by atoms with Crippen molar-refractivity contribution in [1.29, 1.82) is 0 Å². The number of ether oxygens (including phenoxy) is 1. The molecule has 3 aromatic rings. The number of esters is 1. The van der Waals surface area contributed by atoms with Crippen LogP contribution in [0.5, 0.6) is 0 Å². The first-order valence-corrected chi connectivity index (χ1v) is 10.8. The summed E-state index contributed by atoms with van der Waals surface area (Å²) in [4.78, 5) is 24.3. The van der Waals surface area contributed by atoms with Crippen molar-refractivity contribution in [2.45, 2.75) is 24.8 Å². The second kappa shape index (κ2) is 9.51. The first kappa shape index (κ1) is 21.5. The molecule has 0 fully saturated rings. The van der Waals surface area contributed by atoms with Crippen LogP contribution < -0.4 is 4.72 Å². The van der Waals surface area contributed by atoms with Gasteiger partial charge in [0.2, 0.25) is 10.0 Å². The van der Waals surface area contributed by atoms with Crippen molar-refractivity contribution in [3.63, 3.8) is 0 Å². The highest BCUT2D eigenvalue weighted by atomic mass is 32.2. The van der Waals surface area contributed by atoms with Crippen molar-refractivity contribution in [1.82, 2.24) is 4.72 Å². The van der Waals surface area contributed by atoms with E-state index < -0.39 is 22.6 Å². The van der Waals surface area contributed by atoms with Crippen LogP contribution in [0, 0.1) is 0 Å². The van der Waals surface area contributed by atoms with E-state index in [-0.39, 0.29) is 22.8 Å². The second-order valence-electron chi connectivity index (χ2n) is 6.48. The van der Waals surface area contributed by atoms with Gasteiger partial charge in [0.25, 0.3) is 0 Å². The zero-order valence-corrected chi connectivity index (χ0v) is 17.1. The predicted molar refractivity (Wildman–Crippen MR) is 110 cm³/mol. The average Bonchev–Trinajstić information content (AvgIpc) is 3.30. The number of Topliss-reactive ketones (excluding diaryl/α,β-unsaturated/α-hetero) is 1. The number of hydrogen-bond acceptors (Lipinski definition) is 6. The van der Waals surface area contributed by atoms with Crippen LogP contribution in [0.3, 0.4) is 0 Å². The van der Waals surface area contributed by atoms with Crippen molar-refractivity contribution in [3.05, 3.63) is 89.4 Å². The highest BCUT2D eigenvalue weighted by Crippen LogP contribution is 2.13. The summed E-state index contributed by atoms with van der Waals surface area (Å²) in [6.07, 6.45) is 2.32. The minimum atomic E-state index is -3.76. The summed E-state index contributed by atoms with van der Waals surface area (Å²) in [5.74, 6) is -0.541. The molecule has 3 rings (SSSR count). The summed E-state index contributed by atoms with van der Waals surface area (Å²) in [7, 11) is -3.76. The zero-order valence-electron chi connectivity index (χ0n) is 16.3. The Morgan fingerprint density at radius 1 is 0.967 bits per heavy atom. The Labute approximate surface area is 174 Å². The van der Waals surface area contributed by atoms with E-state index in [2.05, 4.69) is 4.72 Å². The van der Waals surface area contributed by atoms with Gasteiger partial charge in [0.15, 0.2) is 12.4 Å². The number of benzene rings is 2. The Bertz CT molecular complexity index is 1100. The van der Waals surface area contributed by atoms with Crippen molar-refractivity contribution in [2.75, 3.05) is 6.61 Å². The first-order valence-electron chi connectivity index (χ1n) is 9.30. The molecule has 8 heteroatoms. The molecule has 7 nitrogen and oxygen atoms in total. The van der Waals surface area contributed by atoms with E-state index in [1.54, 1.807) is 24.3 Å². The molecule has 0 aliphatic heterocycles. The van der Waals surface area contributed by atoms with Gasteiger partial charge in [0, 0.05) is 5.56 Å². The molecule has 0 unspecified atom stereocenters. The smallest absolute Gasteiger partial charge is 0.338 e. The van der Waals surface area contributed by atoms with Crippen LogP contribution >= 0.6 is 0 Å². The number of hydrogen-bond donors (Lipinski definition) is 1. The summed E-state index contributed by atoms with van der Waals surface area (Å²) < 4.78 is 37.2. The molecule has 2 aromatic carbocycles. The van der Waals surface area contributed by atoms with Crippen LogP contribution in [0.2, 0.25) is 0 Å². The van der Waals surface area contributed by atoms with Gasteiger partial charge in [-0.15, -0.1) is 0 Å². The van der Waals surface area contributed by atoms with Gasteiger partial charge in [-0.2, -0.15) is 0 Å². The van der Waals surface area contributed by atoms with E-state index in [1.807, 2.05) is 19.1 Å². The standard InChI is InChI=1S/C22H21NO6S/c1-2-16-5-7-17(8-6-16)21(24)15-29-22(25)18-9-11-20(12-10-18)30(26,27)23-14-19-4-3-13-28-19/h3-13,23H,2,14-15H2,1H3. The molecular weight excluding hydrogens is 406 g/mol. The fraction of sp³-hybridized carbons (Fsp3) is 0.182. The third-order valence-corrected chi connectivity index (χ3v) is 5.85. The van der Waals surface area contributed by atoms with E-state index in [9.17, 15) is 18.0 Å². The van der Waals surface area contributed by atoms with Gasteiger partial charge >= 0.3 is 5.97 Å². The Balaban J connectivity index is 1.56. The summed E-state index contributed by atoms with van der Waals surface area (Å²) in [6.45, 7) is 1.64. The fourth-order valence-corrected chi connectivity index (χ4v) is 3.65. The fourth-order valence-electron chi connectivity index (χ4n) is 2.66. The lowest BCUT2D eigenvalue weighted by Gasteiger charge is -2.07. The van der Waals surface area contributed by atoms with Gasteiger partial charge in [-0.05, 0) is 48.4 Å². The van der Waals surface area contributed by atoms with Crippen LogP contribution in [-0.4, -0.2) is 26.8 Å². The topological polar surface area (TPSA) is 103 Å². The number of nitrogens with one attached hydrogen (secondary N) is 1. The molecule has 0 bridgehead atoms. The molecule has 1 heterocycles. The zero-order chi connectivity index (χ0) is 21.6. The Morgan fingerprint density at radius 2 is 1.63 bits per heavy atom. The summed E-state index contributed by atoms with van der Waals surface area (Å²) in [5, 5.41) is 0. The predicted octanol–water partition coefficient (Wildman–Crippen LogP) is 3.36. The number of ketones is 1. The first-order chi connectivity index (χ1) is 14.4. The van der Waals surface area contributed by atoms with Crippen molar-refractivity contribution < 1.29 is 27.2 Å². The second-order valence-corrected chi connectivity index (χ2v) is 8.25. The third kappa shape index (κ3) is 5.43. The molecule has 156 valence electrons. The minimum Gasteiger partial charge on any atom is -0.468 e. The summed E-state index contributed by atoms with van der Waals surface area (Å²) in [5.41, 5.74) is 1.72. The van der Waals surface area contributed by atoms with Crippen molar-refractivity contribution in [2.24, 2.45) is 0 Å². The maximum Gasteiger partial charge on any atom is 0.338 e. The largest absolute Gasteiger partial charge is 0.468 e. The van der Waals surface area contributed by atoms with Crippen LogP contribution in [0.4, 0.5) is 0 Å². The molecule has 30 heavy (non-hydrogen) atoms. The number of furan rings is 1. The van der Waals surface area contributed by atoms with E-state index in [0.717, 1.165) is 12.0 Å². The van der Waals surface area contributed by atoms with E-state index in [1.165, 1.54) is 30.5 Å². The number of carbonyl (C=O) groups excluding carboxylic acids is 2. The molecule has 1 aromatic heterocycles. The highest BCUT2D eigenvalue weighted by Gasteiger charge is 2.17.